The highest BCUT2D eigenvalue weighted by Gasteiger charge is 2.53. The van der Waals surface area contributed by atoms with E-state index in [1.807, 2.05) is 0 Å². The first-order valence-electron chi connectivity index (χ1n) is 5.09. The quantitative estimate of drug-likeness (QED) is 0.796. The molecule has 18 heavy (non-hydrogen) atoms. The van der Waals surface area contributed by atoms with Crippen LogP contribution in [0, 0.1) is 11.6 Å². The highest BCUT2D eigenvalue weighted by Crippen LogP contribution is 2.28. The molecular formula is C11H9F2NO4. The third-order valence-corrected chi connectivity index (χ3v) is 2.64. The van der Waals surface area contributed by atoms with Crippen LogP contribution in [0.3, 0.4) is 0 Å². The van der Waals surface area contributed by atoms with E-state index in [0.29, 0.717) is 6.07 Å². The highest BCUT2D eigenvalue weighted by atomic mass is 19.1. The lowest BCUT2D eigenvalue weighted by atomic mass is 9.94. The summed E-state index contributed by atoms with van der Waals surface area (Å²) in [5.41, 5.74) is -2.11. The molecule has 5 nitrogen and oxygen atoms in total. The second-order valence-corrected chi connectivity index (χ2v) is 3.84. The fourth-order valence-electron chi connectivity index (χ4n) is 1.61. The van der Waals surface area contributed by atoms with E-state index in [4.69, 9.17) is 9.84 Å². The van der Waals surface area contributed by atoms with E-state index >= 15 is 0 Å². The van der Waals surface area contributed by atoms with E-state index in [1.165, 1.54) is 0 Å². The molecule has 0 aliphatic carbocycles. The van der Waals surface area contributed by atoms with Gasteiger partial charge < -0.3 is 15.2 Å². The normalized spacial score (nSPS) is 22.1. The van der Waals surface area contributed by atoms with Crippen LogP contribution in [0.25, 0.3) is 0 Å². The summed E-state index contributed by atoms with van der Waals surface area (Å²) in [6, 6.07) is 2.41. The molecule has 0 saturated carbocycles. The number of nitrogens with one attached hydrogen (secondary N) is 1. The fraction of sp³-hybridized carbons (Fsp3) is 0.273. The summed E-state index contributed by atoms with van der Waals surface area (Å²) in [5, 5.41) is 11.0. The number of halogens is 2. The molecule has 0 radical (unpaired) electrons. The van der Waals surface area contributed by atoms with Crippen molar-refractivity contribution in [2.45, 2.75) is 12.0 Å². The Balaban J connectivity index is 2.18. The van der Waals surface area contributed by atoms with Crippen molar-refractivity contribution in [2.75, 3.05) is 11.9 Å². The average Bonchev–Trinajstić information content (AvgIpc) is 2.11. The predicted molar refractivity (Wildman–Crippen MR) is 55.9 cm³/mol. The third-order valence-electron chi connectivity index (χ3n) is 2.64. The zero-order valence-electron chi connectivity index (χ0n) is 9.07. The Bertz CT molecular complexity index is 494. The van der Waals surface area contributed by atoms with Gasteiger partial charge in [-0.15, -0.1) is 0 Å². The van der Waals surface area contributed by atoms with E-state index in [2.05, 4.69) is 5.32 Å². The van der Waals surface area contributed by atoms with Gasteiger partial charge in [0.1, 0.15) is 11.6 Å². The summed E-state index contributed by atoms with van der Waals surface area (Å²) >= 11 is 0. The lowest BCUT2D eigenvalue weighted by molar-refractivity contribution is -0.194. The molecule has 0 bridgehead atoms. The molecule has 1 heterocycles. The summed E-state index contributed by atoms with van der Waals surface area (Å²) < 4.78 is 30.6. The number of rotatable bonds is 3. The monoisotopic (exact) mass is 257 g/mol. The molecule has 1 aliphatic heterocycles. The van der Waals surface area contributed by atoms with Crippen molar-refractivity contribution in [3.63, 3.8) is 0 Å². The van der Waals surface area contributed by atoms with Crippen LogP contribution < -0.4 is 5.32 Å². The topological polar surface area (TPSA) is 75.6 Å². The van der Waals surface area contributed by atoms with Crippen molar-refractivity contribution in [3.05, 3.63) is 29.8 Å². The molecule has 1 saturated heterocycles. The number of hydrogen-bond donors (Lipinski definition) is 2. The second-order valence-electron chi connectivity index (χ2n) is 3.84. The van der Waals surface area contributed by atoms with Gasteiger partial charge in [0.15, 0.2) is 0 Å². The Kier molecular flexibility index (Phi) is 3.00. The van der Waals surface area contributed by atoms with Gasteiger partial charge >= 0.3 is 5.97 Å². The number of carboxylic acid groups (broad SMARTS) is 1. The van der Waals surface area contributed by atoms with Gasteiger partial charge in [0, 0.05) is 18.2 Å². The van der Waals surface area contributed by atoms with Crippen LogP contribution in [-0.4, -0.2) is 29.2 Å². The molecule has 2 rings (SSSR count). The van der Waals surface area contributed by atoms with Crippen LogP contribution in [-0.2, 0) is 14.3 Å². The molecule has 1 aliphatic rings. The van der Waals surface area contributed by atoms with E-state index in [9.17, 15) is 18.4 Å². The van der Waals surface area contributed by atoms with Crippen LogP contribution in [0.4, 0.5) is 14.5 Å². The van der Waals surface area contributed by atoms with Crippen LogP contribution in [0.15, 0.2) is 18.2 Å². The van der Waals surface area contributed by atoms with Crippen LogP contribution in [0.5, 0.6) is 0 Å². The van der Waals surface area contributed by atoms with Crippen molar-refractivity contribution in [1.82, 2.24) is 0 Å². The number of amides is 1. The number of carbonyl (C=O) groups excluding carboxylic acids is 1. The van der Waals surface area contributed by atoms with Gasteiger partial charge in [0.25, 0.3) is 5.91 Å². The highest BCUT2D eigenvalue weighted by molar-refractivity contribution is 6.12. The maximum atomic E-state index is 12.9. The summed E-state index contributed by atoms with van der Waals surface area (Å²) in [7, 11) is 0. The molecule has 0 spiro atoms. The van der Waals surface area contributed by atoms with E-state index in [1.54, 1.807) is 0 Å². The Hall–Kier alpha value is -2.02. The lowest BCUT2D eigenvalue weighted by Gasteiger charge is -2.35. The number of hydrogen-bond acceptors (Lipinski definition) is 3. The molecule has 1 aromatic carbocycles. The fourth-order valence-corrected chi connectivity index (χ4v) is 1.61. The molecule has 1 unspecified atom stereocenters. The summed E-state index contributed by atoms with van der Waals surface area (Å²) in [6.45, 7) is 0.150. The van der Waals surface area contributed by atoms with Crippen LogP contribution >= 0.6 is 0 Å². The first-order chi connectivity index (χ1) is 8.44. The maximum Gasteiger partial charge on any atom is 0.346 e. The average molecular weight is 257 g/mol. The zero-order valence-corrected chi connectivity index (χ0v) is 9.07. The Morgan fingerprint density at radius 3 is 2.22 bits per heavy atom. The van der Waals surface area contributed by atoms with Gasteiger partial charge in [-0.25, -0.2) is 13.6 Å². The van der Waals surface area contributed by atoms with Crippen molar-refractivity contribution < 1.29 is 28.2 Å². The Morgan fingerprint density at radius 1 is 1.28 bits per heavy atom. The molecule has 0 aromatic heterocycles. The number of benzene rings is 1. The Labute approximate surface area is 100 Å². The number of anilines is 1. The summed E-state index contributed by atoms with van der Waals surface area (Å²) in [5.74, 6) is -4.12. The van der Waals surface area contributed by atoms with E-state index < -0.39 is 29.1 Å². The van der Waals surface area contributed by atoms with Gasteiger partial charge in [0.2, 0.25) is 5.60 Å². The van der Waals surface area contributed by atoms with Gasteiger partial charge in [0.05, 0.1) is 6.61 Å². The second kappa shape index (κ2) is 4.34. The minimum atomic E-state index is -1.96. The van der Waals surface area contributed by atoms with Gasteiger partial charge in [-0.2, -0.15) is 0 Å². The molecular weight excluding hydrogens is 248 g/mol. The number of carboxylic acids is 1. The molecule has 2 N–H and O–H groups in total. The number of carbonyl (C=O) groups is 2. The molecule has 7 heteroatoms. The summed E-state index contributed by atoms with van der Waals surface area (Å²) in [6.07, 6.45) is 0.0198. The minimum Gasteiger partial charge on any atom is -0.479 e. The van der Waals surface area contributed by atoms with E-state index in [0.717, 1.165) is 12.1 Å². The predicted octanol–water partition coefficient (Wildman–Crippen LogP) is 1.15. The van der Waals surface area contributed by atoms with Crippen LogP contribution in [0.2, 0.25) is 0 Å². The Morgan fingerprint density at radius 2 is 1.83 bits per heavy atom. The van der Waals surface area contributed by atoms with Gasteiger partial charge in [-0.3, -0.25) is 4.79 Å². The molecule has 1 atom stereocenters. The number of ether oxygens (including phenoxy) is 1. The SMILES string of the molecule is O=C(O)C1(C(=O)Nc2cc(F)cc(F)c2)CCO1. The maximum absolute atomic E-state index is 12.9. The zero-order chi connectivity index (χ0) is 13.3. The van der Waals surface area contributed by atoms with Crippen molar-refractivity contribution in [1.29, 1.82) is 0 Å². The molecule has 1 aromatic rings. The van der Waals surface area contributed by atoms with Crippen LogP contribution in [0.1, 0.15) is 6.42 Å². The summed E-state index contributed by atoms with van der Waals surface area (Å²) in [4.78, 5) is 22.7. The van der Waals surface area contributed by atoms with E-state index in [-0.39, 0.29) is 18.7 Å². The van der Waals surface area contributed by atoms with Gasteiger partial charge in [-0.1, -0.05) is 0 Å². The largest absolute Gasteiger partial charge is 0.479 e. The van der Waals surface area contributed by atoms with Crippen molar-refractivity contribution in [3.8, 4) is 0 Å². The molecule has 1 fully saturated rings. The smallest absolute Gasteiger partial charge is 0.346 e. The van der Waals surface area contributed by atoms with Gasteiger partial charge in [-0.05, 0) is 12.1 Å². The van der Waals surface area contributed by atoms with Crippen molar-refractivity contribution in [2.24, 2.45) is 0 Å². The standard InChI is InChI=1S/C11H9F2NO4/c12-6-3-7(13)5-8(4-6)14-9(15)11(10(16)17)1-2-18-11/h3-5H,1-2H2,(H,14,15)(H,16,17). The minimum absolute atomic E-state index is 0.0198. The molecule has 1 amide bonds. The number of aliphatic carboxylic acids is 1. The molecule has 96 valence electrons. The first kappa shape index (κ1) is 12.4. The first-order valence-corrected chi connectivity index (χ1v) is 5.09. The third kappa shape index (κ3) is 2.04. The lowest BCUT2D eigenvalue weighted by Crippen LogP contribution is -2.59. The van der Waals surface area contributed by atoms with Crippen molar-refractivity contribution >= 4 is 17.6 Å².